The summed E-state index contributed by atoms with van der Waals surface area (Å²) >= 11 is 20.6. The van der Waals surface area contributed by atoms with Gasteiger partial charge in [0.15, 0.2) is 30.1 Å². The minimum Gasteiger partial charge on any atom is -0.508 e. The molecule has 0 saturated carbocycles. The molecule has 0 aliphatic carbocycles. The van der Waals surface area contributed by atoms with Crippen molar-refractivity contribution in [2.45, 2.75) is 193 Å². The molecule has 3 saturated heterocycles. The zero-order chi connectivity index (χ0) is 90.9. The van der Waals surface area contributed by atoms with E-state index in [1.165, 1.54) is 33.0 Å². The molecule has 23 atom stereocenters. The number of nitrogens with two attached hydrogens (primary N) is 2. The zero-order valence-electron chi connectivity index (χ0n) is 67.6. The van der Waals surface area contributed by atoms with Gasteiger partial charge in [-0.25, -0.2) is 4.79 Å². The summed E-state index contributed by atoms with van der Waals surface area (Å²) in [6.45, 7) is 5.19. The second kappa shape index (κ2) is 38.8. The summed E-state index contributed by atoms with van der Waals surface area (Å²) in [5.74, 6) is -16.7. The van der Waals surface area contributed by atoms with Gasteiger partial charge in [0.2, 0.25) is 53.4 Å². The molecule has 1 aromatic heterocycles. The van der Waals surface area contributed by atoms with E-state index in [9.17, 15) is 75.7 Å². The van der Waals surface area contributed by atoms with E-state index in [4.69, 9.17) is 84.2 Å². The number of halogens is 3. The summed E-state index contributed by atoms with van der Waals surface area (Å²) in [6, 6.07) is 9.21. The number of rotatable bonds is 20. The Kier molecular flexibility index (Phi) is 28.6. The van der Waals surface area contributed by atoms with Gasteiger partial charge in [0.1, 0.15) is 120 Å². The number of primary amides is 1. The molecule has 8 aliphatic rings. The van der Waals surface area contributed by atoms with Gasteiger partial charge < -0.3 is 153 Å². The van der Waals surface area contributed by atoms with Gasteiger partial charge in [-0.05, 0) is 134 Å². The van der Waals surface area contributed by atoms with Crippen LogP contribution in [-0.4, -0.2) is 249 Å². The number of nitrogens with zero attached hydrogens (tertiary/aromatic N) is 2. The van der Waals surface area contributed by atoms with E-state index in [1.54, 1.807) is 50.2 Å². The number of hydrogen-bond donors (Lipinski definition) is 22. The molecule has 7 aromatic rings. The van der Waals surface area contributed by atoms with Crippen molar-refractivity contribution < 1.29 is 138 Å². The first-order chi connectivity index (χ1) is 59.8. The van der Waals surface area contributed by atoms with Gasteiger partial charge >= 0.3 is 5.97 Å². The quantitative estimate of drug-likeness (QED) is 0.0503. The summed E-state index contributed by atoms with van der Waals surface area (Å²) < 4.78 is 51.2. The predicted octanol–water partition coefficient (Wildman–Crippen LogP) is 0.838. The second-order valence-corrected chi connectivity index (χ2v) is 33.1. The third kappa shape index (κ3) is 20.3. The van der Waals surface area contributed by atoms with Crippen molar-refractivity contribution >= 4 is 82.1 Å². The van der Waals surface area contributed by atoms with Crippen LogP contribution in [0.1, 0.15) is 111 Å². The first kappa shape index (κ1) is 92.8. The van der Waals surface area contributed by atoms with E-state index in [0.717, 1.165) is 72.3 Å². The molecule has 0 radical (unpaired) electrons. The van der Waals surface area contributed by atoms with Gasteiger partial charge in [-0.15, -0.1) is 0 Å². The SMILES string of the molecule is CN[C@H](CC(C)C)C(=O)N[C@H]1C(=O)N[C@@H](CC(N)=O)C(=O)N[C@H]2C(=O)N[C@H]3C(=O)N[C@H](C(=O)N[C@@H](C(=O)O)c4cc(O)cc(O)c4-c4cc3ccc4O)[C@H](O[C@H]3C[C@](C)(N)[C@@H](O)[C@H](C)O3)c3ccc(c(Cl)c3)Oc3cc2cc(c3O[C@@H]2O[C@H](CO)[C@@H](O[C@@H]3O[C@H](CNCc4ccc(-c5ccc(Cl)cc5)nn4)[C@H](O)[C@H](O)[C@H]3O)[C@H](O)[C@H]2O)Oc2ccc(cc2Cl)[C@H]1O. The smallest absolute Gasteiger partial charge is 0.330 e. The molecule has 24 N–H and O–H groups in total. The lowest BCUT2D eigenvalue weighted by Gasteiger charge is -2.46. The number of hydrogen-bond acceptors (Lipinski definition) is 32. The van der Waals surface area contributed by atoms with Gasteiger partial charge in [0.25, 0.3) is 0 Å². The maximum Gasteiger partial charge on any atom is 0.330 e. The van der Waals surface area contributed by atoms with Crippen LogP contribution < -0.4 is 68.2 Å². The minimum atomic E-state index is -2.43. The number of carboxylic acid groups (broad SMARTS) is 1. The lowest BCUT2D eigenvalue weighted by atomic mass is 9.86. The van der Waals surface area contributed by atoms with Crippen molar-refractivity contribution in [1.82, 2.24) is 52.7 Å². The van der Waals surface area contributed by atoms with Crippen LogP contribution in [0.3, 0.4) is 0 Å². The molecule has 15 rings (SSSR count). The number of carbonyl (C=O) groups excluding carboxylic acids is 7. The fraction of sp³-hybridized carbons (Fsp3) is 0.422. The Labute approximate surface area is 732 Å². The number of likely N-dealkylation sites (N-methyl/N-ethyl adjacent to an activating group) is 1. The van der Waals surface area contributed by atoms with E-state index in [2.05, 4.69) is 52.7 Å². The number of carboxylic acids is 1. The second-order valence-electron chi connectivity index (χ2n) is 31.9. The van der Waals surface area contributed by atoms with Crippen LogP contribution in [0.15, 0.2) is 115 Å². The number of amides is 7. The third-order valence-electron chi connectivity index (χ3n) is 22.2. The number of aromatic nitrogens is 2. The molecule has 43 heteroatoms. The van der Waals surface area contributed by atoms with Gasteiger partial charge in [0, 0.05) is 58.4 Å². The number of nitrogens with one attached hydrogen (secondary N) is 8. The number of phenols is 3. The molecule has 674 valence electrons. The Bertz CT molecular complexity index is 5260. The van der Waals surface area contributed by atoms with Crippen LogP contribution in [0.2, 0.25) is 15.1 Å². The van der Waals surface area contributed by atoms with E-state index < -0.39 is 284 Å². The number of aliphatic hydroxyl groups excluding tert-OH is 8. The van der Waals surface area contributed by atoms with Crippen molar-refractivity contribution in [3.63, 3.8) is 0 Å². The molecule has 0 unspecified atom stereocenters. The largest absolute Gasteiger partial charge is 0.508 e. The molecule has 3 fully saturated rings. The minimum absolute atomic E-state index is 0.0360. The molecule has 8 aliphatic heterocycles. The lowest BCUT2D eigenvalue weighted by molar-refractivity contribution is -0.350. The summed E-state index contributed by atoms with van der Waals surface area (Å²) in [5.41, 5.74) is 9.67. The zero-order valence-corrected chi connectivity index (χ0v) is 69.8. The van der Waals surface area contributed by atoms with Gasteiger partial charge in [-0.3, -0.25) is 33.6 Å². The van der Waals surface area contributed by atoms with E-state index in [-0.39, 0.29) is 43.0 Å². The van der Waals surface area contributed by atoms with Crippen molar-refractivity contribution in [2.75, 3.05) is 20.2 Å². The highest BCUT2D eigenvalue weighted by atomic mass is 35.5. The standard InChI is InChI=1S/C83H93Cl3N12O28/c1-31(2)18-46(89-5)74(111)95-62-64(104)35-9-16-50(43(85)20-35)120-52-22-37-23-53(71(52)125-82-69(109)67(107)72(55(30-99)123-82)126-81-68(108)66(106)65(105)54(122-81)29-90-28-39-13-14-45(98-97-39)33-6-11-38(84)12-7-33)121-51-17-10-36(21-44(51)86)70(124-57-27-83(4,88)73(110)32(3)119-57)63-79(116)94-61(80(117)118)42-24-40(100)25-49(102)58(42)41-19-34(8-15-48(41)101)59(76(113)96-63)93-77(114)60(37)92-75(112)47(26-56(87)103)91-78(62)115/h6-17,19-25,31-32,46-47,54-55,57,59-70,72-73,81-82,89-90,99-102,104-110H,18,26-30,88H2,1-5H3,(H2,87,103)(H,91,115)(H,92,112)(H,93,114)(H,94,116)(H,95,111)(H,96,113)(H,117,118)/t32-,46+,47-,54+,55+,57-,59+,60+,61+,62+,63-,64+,65-,66-,67+,68+,69+,70+,72+,73-,81-,82-,83-/m0/s1. The Morgan fingerprint density at radius 1 is 0.651 bits per heavy atom. The fourth-order valence-electron chi connectivity index (χ4n) is 15.6. The van der Waals surface area contributed by atoms with Crippen LogP contribution in [0.25, 0.3) is 22.4 Å². The molecular weight excluding hydrogens is 1720 g/mol. The number of fused-ring (bicyclic) bond motifs is 15. The average Bonchev–Trinajstić information content (AvgIpc) is 0.761. The van der Waals surface area contributed by atoms with Crippen molar-refractivity contribution in [3.8, 4) is 68.4 Å². The van der Waals surface area contributed by atoms with Crippen molar-refractivity contribution in [3.05, 3.63) is 164 Å². The van der Waals surface area contributed by atoms with Gasteiger partial charge in [-0.1, -0.05) is 79.0 Å². The number of phenolic OH excluding ortho intramolecular Hbond substituents is 3. The van der Waals surface area contributed by atoms with E-state index in [1.807, 2.05) is 0 Å². The van der Waals surface area contributed by atoms with Crippen molar-refractivity contribution in [1.29, 1.82) is 0 Å². The van der Waals surface area contributed by atoms with Crippen LogP contribution in [-0.2, 0) is 68.6 Å². The van der Waals surface area contributed by atoms with Crippen LogP contribution in [0.4, 0.5) is 0 Å². The maximum absolute atomic E-state index is 16.4. The predicted molar refractivity (Wildman–Crippen MR) is 439 cm³/mol. The number of benzene rings is 6. The highest BCUT2D eigenvalue weighted by Crippen LogP contribution is 2.50. The molecule has 6 aromatic carbocycles. The molecule has 40 nitrogen and oxygen atoms in total. The van der Waals surface area contributed by atoms with Crippen LogP contribution >= 0.6 is 34.8 Å². The number of aromatic hydroxyl groups is 3. The fourth-order valence-corrected chi connectivity index (χ4v) is 16.1. The number of ether oxygens (including phenoxy) is 8. The van der Waals surface area contributed by atoms with Crippen LogP contribution in [0.5, 0.6) is 46.0 Å². The molecule has 11 bridgehead atoms. The summed E-state index contributed by atoms with van der Waals surface area (Å²) in [4.78, 5) is 120. The number of aliphatic hydroxyl groups is 8. The number of carbonyl (C=O) groups is 8. The van der Waals surface area contributed by atoms with Crippen molar-refractivity contribution in [2.24, 2.45) is 17.4 Å². The normalized spacial score (nSPS) is 29.6. The first-order valence-corrected chi connectivity index (χ1v) is 40.8. The maximum atomic E-state index is 16.4. The number of aliphatic carboxylic acids is 1. The molecular formula is C83H93Cl3N12O28. The van der Waals surface area contributed by atoms with E-state index in [0.29, 0.717) is 16.4 Å². The Morgan fingerprint density at radius 2 is 1.29 bits per heavy atom. The summed E-state index contributed by atoms with van der Waals surface area (Å²) in [5, 5.41) is 168. The topological polar surface area (TPSA) is 627 Å². The molecule has 9 heterocycles. The summed E-state index contributed by atoms with van der Waals surface area (Å²) in [6.07, 6.45) is -29.4. The average molecular weight is 1810 g/mol. The van der Waals surface area contributed by atoms with Gasteiger partial charge in [-0.2, -0.15) is 10.2 Å². The highest BCUT2D eigenvalue weighted by molar-refractivity contribution is 6.32. The molecule has 0 spiro atoms. The molecule has 7 amide bonds. The third-order valence-corrected chi connectivity index (χ3v) is 23.0. The molecule has 126 heavy (non-hydrogen) atoms. The first-order valence-electron chi connectivity index (χ1n) is 39.7. The Balaban J connectivity index is 0.962. The van der Waals surface area contributed by atoms with E-state index >= 15 is 24.0 Å². The van der Waals surface area contributed by atoms with Crippen LogP contribution in [0, 0.1) is 5.92 Å². The van der Waals surface area contributed by atoms with Gasteiger partial charge in [0.05, 0.1) is 52.7 Å². The Hall–Kier alpha value is -10.8. The lowest BCUT2D eigenvalue weighted by Crippen LogP contribution is -2.65. The summed E-state index contributed by atoms with van der Waals surface area (Å²) in [7, 11) is 1.46. The highest BCUT2D eigenvalue weighted by Gasteiger charge is 2.53. The Morgan fingerprint density at radius 3 is 1.91 bits per heavy atom. The monoisotopic (exact) mass is 1810 g/mol.